The lowest BCUT2D eigenvalue weighted by atomic mass is 10.2. The summed E-state index contributed by atoms with van der Waals surface area (Å²) in [5.41, 5.74) is 1.45. The fourth-order valence-corrected chi connectivity index (χ4v) is 6.19. The topological polar surface area (TPSA) is 47.0 Å². The van der Waals surface area contributed by atoms with E-state index in [-0.39, 0.29) is 15.7 Å². The van der Waals surface area contributed by atoms with E-state index < -0.39 is 9.84 Å². The second kappa shape index (κ2) is 6.46. The Kier molecular flexibility index (Phi) is 4.84. The molecular weight excluding hydrogens is 409 g/mol. The number of fused-ring (bicyclic) bond motifs is 1. The number of hydrogen-bond acceptors (Lipinski definition) is 4. The Bertz CT molecular complexity index is 1060. The monoisotopic (exact) mass is 419 g/mol. The summed E-state index contributed by atoms with van der Waals surface area (Å²) in [6.07, 6.45) is 0. The summed E-state index contributed by atoms with van der Waals surface area (Å²) in [5, 5.41) is 1.84. The highest BCUT2D eigenvalue weighted by Gasteiger charge is 2.24. The molecule has 0 N–H and O–H groups in total. The summed E-state index contributed by atoms with van der Waals surface area (Å²) in [5.74, 6) is -0.307. The van der Waals surface area contributed by atoms with Crippen LogP contribution >= 0.6 is 46.1 Å². The number of aromatic nitrogens is 1. The fraction of sp³-hybridized carbons (Fsp3) is 0.188. The maximum atomic E-state index is 12.8. The van der Waals surface area contributed by atoms with Gasteiger partial charge in [0.05, 0.1) is 25.4 Å². The molecule has 24 heavy (non-hydrogen) atoms. The molecule has 0 fully saturated rings. The molecule has 0 amide bonds. The van der Waals surface area contributed by atoms with E-state index in [0.29, 0.717) is 26.7 Å². The third-order valence-electron chi connectivity index (χ3n) is 3.67. The van der Waals surface area contributed by atoms with Crippen LogP contribution in [0.3, 0.4) is 0 Å². The van der Waals surface area contributed by atoms with Crippen LogP contribution in [0.15, 0.2) is 29.2 Å². The molecule has 0 aliphatic heterocycles. The Balaban J connectivity index is 2.13. The van der Waals surface area contributed by atoms with Crippen molar-refractivity contribution in [3.63, 3.8) is 0 Å². The normalized spacial score (nSPS) is 12.0. The van der Waals surface area contributed by atoms with E-state index in [0.717, 1.165) is 9.71 Å². The first-order chi connectivity index (χ1) is 11.2. The van der Waals surface area contributed by atoms with Crippen molar-refractivity contribution in [3.8, 4) is 0 Å². The van der Waals surface area contributed by atoms with Gasteiger partial charge in [-0.3, -0.25) is 0 Å². The van der Waals surface area contributed by atoms with Crippen LogP contribution in [0.5, 0.6) is 0 Å². The molecule has 1 heterocycles. The van der Waals surface area contributed by atoms with Gasteiger partial charge in [0.2, 0.25) is 0 Å². The van der Waals surface area contributed by atoms with Crippen LogP contribution in [0.4, 0.5) is 0 Å². The summed E-state index contributed by atoms with van der Waals surface area (Å²) in [6.45, 7) is 3.53. The highest BCUT2D eigenvalue weighted by atomic mass is 35.5. The molecule has 1 aromatic heterocycles. The van der Waals surface area contributed by atoms with E-state index >= 15 is 0 Å². The molecular formula is C16H12Cl3NO2S2. The fourth-order valence-electron chi connectivity index (χ4n) is 2.47. The average Bonchev–Trinajstić information content (AvgIpc) is 2.87. The molecule has 0 aliphatic carbocycles. The quantitative estimate of drug-likeness (QED) is 0.534. The van der Waals surface area contributed by atoms with Crippen molar-refractivity contribution in [1.29, 1.82) is 0 Å². The van der Waals surface area contributed by atoms with Crippen molar-refractivity contribution in [2.75, 3.05) is 0 Å². The molecule has 0 unspecified atom stereocenters. The number of halogens is 3. The van der Waals surface area contributed by atoms with Gasteiger partial charge in [0.25, 0.3) is 0 Å². The third-order valence-corrected chi connectivity index (χ3v) is 7.52. The molecule has 126 valence electrons. The summed E-state index contributed by atoms with van der Waals surface area (Å²) in [4.78, 5) is 4.54. The number of nitrogens with zero attached hydrogens (tertiary/aromatic N) is 1. The maximum absolute atomic E-state index is 12.8. The van der Waals surface area contributed by atoms with Crippen LogP contribution in [0.1, 0.15) is 16.1 Å². The molecule has 3 rings (SSSR count). The molecule has 0 bridgehead atoms. The van der Waals surface area contributed by atoms with E-state index in [2.05, 4.69) is 4.98 Å². The Morgan fingerprint density at radius 1 is 1.12 bits per heavy atom. The lowest BCUT2D eigenvalue weighted by Gasteiger charge is -2.11. The predicted octanol–water partition coefficient (Wildman–Crippen LogP) is 5.85. The van der Waals surface area contributed by atoms with Crippen molar-refractivity contribution in [1.82, 2.24) is 4.98 Å². The smallest absolute Gasteiger partial charge is 0.182 e. The maximum Gasteiger partial charge on any atom is 0.182 e. The zero-order valence-electron chi connectivity index (χ0n) is 12.7. The van der Waals surface area contributed by atoms with Gasteiger partial charge in [-0.15, -0.1) is 11.3 Å². The van der Waals surface area contributed by atoms with Gasteiger partial charge in [0.15, 0.2) is 9.84 Å². The largest absolute Gasteiger partial charge is 0.240 e. The van der Waals surface area contributed by atoms with Crippen LogP contribution < -0.4 is 0 Å². The van der Waals surface area contributed by atoms with Crippen LogP contribution in [0, 0.1) is 13.8 Å². The van der Waals surface area contributed by atoms with Gasteiger partial charge in [-0.2, -0.15) is 0 Å². The molecule has 0 saturated carbocycles. The first-order valence-corrected chi connectivity index (χ1v) is 10.5. The summed E-state index contributed by atoms with van der Waals surface area (Å²) in [7, 11) is -3.65. The zero-order valence-corrected chi connectivity index (χ0v) is 16.6. The number of aryl methyl sites for hydroxylation is 1. The van der Waals surface area contributed by atoms with Crippen molar-refractivity contribution in [3.05, 3.63) is 55.5 Å². The lowest BCUT2D eigenvalue weighted by molar-refractivity contribution is 0.594. The summed E-state index contributed by atoms with van der Waals surface area (Å²) >= 11 is 20.2. The number of thiazole rings is 1. The first-order valence-electron chi connectivity index (χ1n) is 6.92. The second-order valence-corrected chi connectivity index (χ2v) is 9.74. The van der Waals surface area contributed by atoms with E-state index in [1.807, 2.05) is 6.92 Å². The second-order valence-electron chi connectivity index (χ2n) is 5.35. The third kappa shape index (κ3) is 3.16. The molecule has 2 aromatic carbocycles. The van der Waals surface area contributed by atoms with Crippen LogP contribution in [0.2, 0.25) is 15.1 Å². The van der Waals surface area contributed by atoms with Gasteiger partial charge in [-0.1, -0.05) is 40.9 Å². The minimum atomic E-state index is -3.65. The van der Waals surface area contributed by atoms with Crippen molar-refractivity contribution in [2.24, 2.45) is 0 Å². The molecule has 0 radical (unpaired) electrons. The van der Waals surface area contributed by atoms with Crippen molar-refractivity contribution >= 4 is 66.2 Å². The molecule has 0 saturated heterocycles. The highest BCUT2D eigenvalue weighted by Crippen LogP contribution is 2.38. The van der Waals surface area contributed by atoms with Crippen LogP contribution in [0.25, 0.3) is 10.2 Å². The van der Waals surface area contributed by atoms with E-state index in [9.17, 15) is 8.42 Å². The van der Waals surface area contributed by atoms with Gasteiger partial charge in [-0.25, -0.2) is 13.4 Å². The zero-order chi connectivity index (χ0) is 17.6. The lowest BCUT2D eigenvalue weighted by Crippen LogP contribution is -2.08. The molecule has 8 heteroatoms. The standard InChI is InChI=1S/C16H12Cl3NO2S2/c1-8-11(17)4-3-5-14(8)24(21,22)7-10-12(18)6-13-16(15(10)19)20-9(2)23-13/h3-6H,7H2,1-2H3. The van der Waals surface area contributed by atoms with Gasteiger partial charge in [0, 0.05) is 15.6 Å². The molecule has 0 atom stereocenters. The van der Waals surface area contributed by atoms with Gasteiger partial charge in [-0.05, 0) is 37.6 Å². The number of benzene rings is 2. The van der Waals surface area contributed by atoms with Crippen LogP contribution in [-0.4, -0.2) is 13.4 Å². The van der Waals surface area contributed by atoms with Crippen LogP contribution in [-0.2, 0) is 15.6 Å². The van der Waals surface area contributed by atoms with Gasteiger partial charge in [0.1, 0.15) is 5.52 Å². The minimum Gasteiger partial charge on any atom is -0.240 e. The van der Waals surface area contributed by atoms with E-state index in [1.54, 1.807) is 25.1 Å². The Labute approximate surface area is 159 Å². The summed E-state index contributed by atoms with van der Waals surface area (Å²) < 4.78 is 26.5. The Morgan fingerprint density at radius 2 is 1.83 bits per heavy atom. The van der Waals surface area contributed by atoms with Crippen molar-refractivity contribution < 1.29 is 8.42 Å². The SMILES string of the molecule is Cc1nc2c(Cl)c(CS(=O)(=O)c3cccc(Cl)c3C)c(Cl)cc2s1. The minimum absolute atomic E-state index is 0.177. The molecule has 0 aliphatic rings. The molecule has 3 aromatic rings. The predicted molar refractivity (Wildman–Crippen MR) is 101 cm³/mol. The Morgan fingerprint density at radius 3 is 2.54 bits per heavy atom. The van der Waals surface area contributed by atoms with Gasteiger partial charge < -0.3 is 0 Å². The Hall–Kier alpha value is -0.850. The van der Waals surface area contributed by atoms with Gasteiger partial charge >= 0.3 is 0 Å². The molecule has 3 nitrogen and oxygen atoms in total. The summed E-state index contributed by atoms with van der Waals surface area (Å²) in [6, 6.07) is 6.51. The van der Waals surface area contributed by atoms with Crippen molar-refractivity contribution in [2.45, 2.75) is 24.5 Å². The average molecular weight is 421 g/mol. The first kappa shape index (κ1) is 18.0. The number of rotatable bonds is 3. The molecule has 0 spiro atoms. The van der Waals surface area contributed by atoms with E-state index in [1.165, 1.54) is 17.4 Å². The van der Waals surface area contributed by atoms with E-state index in [4.69, 9.17) is 34.8 Å². The highest BCUT2D eigenvalue weighted by molar-refractivity contribution is 7.90. The number of sulfone groups is 1. The number of hydrogen-bond donors (Lipinski definition) is 0.